The molecule has 0 spiro atoms. The number of carbonyl (C=O) groups excluding carboxylic acids is 1. The summed E-state index contributed by atoms with van der Waals surface area (Å²) >= 11 is 0. The van der Waals surface area contributed by atoms with Crippen molar-refractivity contribution in [3.05, 3.63) is 53.6 Å². The van der Waals surface area contributed by atoms with E-state index < -0.39 is 26.0 Å². The summed E-state index contributed by atoms with van der Waals surface area (Å²) in [5.74, 6) is -0.256. The minimum atomic E-state index is -3.84. The number of hydrogen-bond donors (Lipinski definition) is 3. The molecular formula is C21H27N3O6S2. The maximum atomic E-state index is 12.9. The molecule has 9 nitrogen and oxygen atoms in total. The smallest absolute Gasteiger partial charge is 0.251 e. The van der Waals surface area contributed by atoms with Crippen molar-refractivity contribution in [1.82, 2.24) is 10.0 Å². The third-order valence-corrected chi connectivity index (χ3v) is 7.81. The van der Waals surface area contributed by atoms with Gasteiger partial charge in [-0.25, -0.2) is 26.7 Å². The molecule has 3 rings (SSSR count). The zero-order chi connectivity index (χ0) is 23.4. The summed E-state index contributed by atoms with van der Waals surface area (Å²) in [5, 5.41) is 7.82. The molecule has 0 atom stereocenters. The first-order valence-corrected chi connectivity index (χ1v) is 13.2. The first kappa shape index (κ1) is 24.2. The molecular weight excluding hydrogens is 454 g/mol. The lowest BCUT2D eigenvalue weighted by molar-refractivity contribution is 0.0954. The summed E-state index contributed by atoms with van der Waals surface area (Å²) in [5.41, 5.74) is 1.01. The third-order valence-electron chi connectivity index (χ3n) is 5.34. The fourth-order valence-corrected chi connectivity index (χ4v) is 5.64. The number of nitrogens with one attached hydrogen (secondary N) is 2. The third kappa shape index (κ3) is 6.06. The summed E-state index contributed by atoms with van der Waals surface area (Å²) in [6.07, 6.45) is 4.01. The van der Waals surface area contributed by atoms with Gasteiger partial charge in [0.05, 0.1) is 12.0 Å². The van der Waals surface area contributed by atoms with E-state index in [-0.39, 0.29) is 33.7 Å². The Morgan fingerprint density at radius 2 is 1.72 bits per heavy atom. The number of hydrogen-bond acceptors (Lipinski definition) is 6. The Kier molecular flexibility index (Phi) is 7.55. The summed E-state index contributed by atoms with van der Waals surface area (Å²) in [4.78, 5) is 12.5. The molecule has 0 heterocycles. The molecule has 11 heteroatoms. The Labute approximate surface area is 188 Å². The van der Waals surface area contributed by atoms with Gasteiger partial charge in [0.25, 0.3) is 5.91 Å². The highest BCUT2D eigenvalue weighted by atomic mass is 32.2. The van der Waals surface area contributed by atoms with Gasteiger partial charge in [-0.3, -0.25) is 4.79 Å². The zero-order valence-electron chi connectivity index (χ0n) is 17.7. The summed E-state index contributed by atoms with van der Waals surface area (Å²) < 4.78 is 56.3. The van der Waals surface area contributed by atoms with E-state index >= 15 is 0 Å². The lowest BCUT2D eigenvalue weighted by Gasteiger charge is -2.16. The van der Waals surface area contributed by atoms with Crippen LogP contribution >= 0.6 is 0 Å². The molecule has 1 aliphatic carbocycles. The monoisotopic (exact) mass is 481 g/mol. The molecule has 0 unspecified atom stereocenters. The van der Waals surface area contributed by atoms with Crippen molar-refractivity contribution in [3.63, 3.8) is 0 Å². The number of carbonyl (C=O) groups is 1. The van der Waals surface area contributed by atoms with Crippen molar-refractivity contribution in [2.45, 2.75) is 47.9 Å². The number of nitrogens with two attached hydrogens (primary N) is 1. The number of methoxy groups -OCH3 is 1. The van der Waals surface area contributed by atoms with Crippen LogP contribution in [0.5, 0.6) is 5.75 Å². The first-order valence-electron chi connectivity index (χ1n) is 10.2. The predicted molar refractivity (Wildman–Crippen MR) is 119 cm³/mol. The number of sulfonamides is 2. The summed E-state index contributed by atoms with van der Waals surface area (Å²) in [6.45, 7) is 0.280. The molecule has 2 aromatic rings. The van der Waals surface area contributed by atoms with E-state index in [0.29, 0.717) is 6.42 Å². The lowest BCUT2D eigenvalue weighted by atomic mass is 10.1. The molecule has 0 aromatic heterocycles. The summed E-state index contributed by atoms with van der Waals surface area (Å²) in [7, 11) is -6.21. The van der Waals surface area contributed by atoms with Gasteiger partial charge in [0.1, 0.15) is 10.6 Å². The van der Waals surface area contributed by atoms with Crippen LogP contribution < -0.4 is 19.9 Å². The molecule has 0 aliphatic heterocycles. The second-order valence-corrected chi connectivity index (χ2v) is 10.9. The van der Waals surface area contributed by atoms with Crippen molar-refractivity contribution in [2.75, 3.05) is 13.7 Å². The molecule has 0 saturated heterocycles. The van der Waals surface area contributed by atoms with Crippen LogP contribution in [0.15, 0.2) is 52.3 Å². The van der Waals surface area contributed by atoms with Gasteiger partial charge in [-0.05, 0) is 55.2 Å². The number of benzene rings is 2. The van der Waals surface area contributed by atoms with E-state index in [1.165, 1.54) is 37.4 Å². The van der Waals surface area contributed by atoms with E-state index in [1.807, 2.05) is 0 Å². The highest BCUT2D eigenvalue weighted by Gasteiger charge is 2.26. The minimum absolute atomic E-state index is 0.0171. The second-order valence-electron chi connectivity index (χ2n) is 7.66. The standard InChI is InChI=1S/C21H27N3O6S2/c1-30-19-11-8-16(14-20(19)32(28,29)24-17-4-2-3-5-17)21(25)23-13-12-15-6-9-18(10-7-15)31(22,26)27/h6-11,14,17,24H,2-5,12-13H2,1H3,(H,23,25)(H2,22,26,27). The van der Waals surface area contributed by atoms with Gasteiger partial charge in [0, 0.05) is 18.2 Å². The number of ether oxygens (including phenoxy) is 1. The van der Waals surface area contributed by atoms with Crippen LogP contribution in [0.2, 0.25) is 0 Å². The van der Waals surface area contributed by atoms with Crippen molar-refractivity contribution in [2.24, 2.45) is 5.14 Å². The highest BCUT2D eigenvalue weighted by molar-refractivity contribution is 7.89. The quantitative estimate of drug-likeness (QED) is 0.495. The van der Waals surface area contributed by atoms with Gasteiger partial charge < -0.3 is 10.1 Å². The normalized spacial score (nSPS) is 14.9. The van der Waals surface area contributed by atoms with Crippen LogP contribution in [0.1, 0.15) is 41.6 Å². The number of primary sulfonamides is 1. The van der Waals surface area contributed by atoms with Crippen molar-refractivity contribution in [3.8, 4) is 5.75 Å². The van der Waals surface area contributed by atoms with Crippen LogP contribution in [-0.4, -0.2) is 42.4 Å². The second kappa shape index (κ2) is 9.99. The molecule has 1 fully saturated rings. The fraction of sp³-hybridized carbons (Fsp3) is 0.381. The van der Waals surface area contributed by atoms with Crippen molar-refractivity contribution < 1.29 is 26.4 Å². The molecule has 1 aliphatic rings. The highest BCUT2D eigenvalue weighted by Crippen LogP contribution is 2.27. The summed E-state index contributed by atoms with van der Waals surface area (Å²) in [6, 6.07) is 10.2. The van der Waals surface area contributed by atoms with Gasteiger partial charge in [-0.2, -0.15) is 0 Å². The number of amides is 1. The maximum Gasteiger partial charge on any atom is 0.251 e. The van der Waals surface area contributed by atoms with Crippen LogP contribution in [0.4, 0.5) is 0 Å². The van der Waals surface area contributed by atoms with Crippen LogP contribution in [0.3, 0.4) is 0 Å². The van der Waals surface area contributed by atoms with Crippen LogP contribution in [0.25, 0.3) is 0 Å². The predicted octanol–water partition coefficient (Wildman–Crippen LogP) is 1.54. The Morgan fingerprint density at radius 3 is 2.31 bits per heavy atom. The molecule has 1 amide bonds. The van der Waals surface area contributed by atoms with E-state index in [4.69, 9.17) is 9.88 Å². The fourth-order valence-electron chi connectivity index (χ4n) is 3.62. The molecule has 32 heavy (non-hydrogen) atoms. The van der Waals surface area contributed by atoms with E-state index in [9.17, 15) is 21.6 Å². The molecule has 4 N–H and O–H groups in total. The molecule has 174 valence electrons. The molecule has 0 bridgehead atoms. The van der Waals surface area contributed by atoms with E-state index in [2.05, 4.69) is 10.0 Å². The lowest BCUT2D eigenvalue weighted by Crippen LogP contribution is -2.33. The SMILES string of the molecule is COc1ccc(C(=O)NCCc2ccc(S(N)(=O)=O)cc2)cc1S(=O)(=O)NC1CCCC1. The van der Waals surface area contributed by atoms with E-state index in [1.54, 1.807) is 12.1 Å². The van der Waals surface area contributed by atoms with Gasteiger partial charge in [-0.1, -0.05) is 25.0 Å². The van der Waals surface area contributed by atoms with Crippen molar-refractivity contribution in [1.29, 1.82) is 0 Å². The zero-order valence-corrected chi connectivity index (χ0v) is 19.3. The number of rotatable bonds is 9. The van der Waals surface area contributed by atoms with Gasteiger partial charge in [0.15, 0.2) is 0 Å². The molecule has 2 aromatic carbocycles. The minimum Gasteiger partial charge on any atom is -0.495 e. The van der Waals surface area contributed by atoms with Gasteiger partial charge in [-0.15, -0.1) is 0 Å². The Bertz CT molecular complexity index is 1170. The Hall–Kier alpha value is -2.47. The van der Waals surface area contributed by atoms with Gasteiger partial charge in [0.2, 0.25) is 20.0 Å². The average Bonchev–Trinajstić information content (AvgIpc) is 3.25. The Balaban J connectivity index is 1.67. The molecule has 1 saturated carbocycles. The van der Waals surface area contributed by atoms with Crippen LogP contribution in [0, 0.1) is 0 Å². The van der Waals surface area contributed by atoms with Crippen molar-refractivity contribution >= 4 is 26.0 Å². The topological polar surface area (TPSA) is 145 Å². The van der Waals surface area contributed by atoms with E-state index in [0.717, 1.165) is 31.2 Å². The molecule has 0 radical (unpaired) electrons. The largest absolute Gasteiger partial charge is 0.495 e. The van der Waals surface area contributed by atoms with Gasteiger partial charge >= 0.3 is 0 Å². The van der Waals surface area contributed by atoms with Crippen LogP contribution in [-0.2, 0) is 26.5 Å². The average molecular weight is 482 g/mol. The first-order chi connectivity index (χ1) is 15.1. The maximum absolute atomic E-state index is 12.9. The Morgan fingerprint density at radius 1 is 1.06 bits per heavy atom.